The van der Waals surface area contributed by atoms with E-state index in [0.29, 0.717) is 36.5 Å². The maximum absolute atomic E-state index is 14.3. The average molecular weight is 428 g/mol. The highest BCUT2D eigenvalue weighted by molar-refractivity contribution is 5.95. The van der Waals surface area contributed by atoms with Crippen LogP contribution in [0.25, 0.3) is 0 Å². The fourth-order valence-corrected chi connectivity index (χ4v) is 5.29. The summed E-state index contributed by atoms with van der Waals surface area (Å²) >= 11 is 0. The number of aromatic nitrogens is 2. The third-order valence-electron chi connectivity index (χ3n) is 7.00. The highest BCUT2D eigenvalue weighted by Crippen LogP contribution is 2.44. The number of hydrogen-bond donors (Lipinski definition) is 1. The molecule has 1 aromatic heterocycles. The topological polar surface area (TPSA) is 75.4 Å². The Morgan fingerprint density at radius 2 is 1.74 bits per heavy atom. The fourth-order valence-electron chi connectivity index (χ4n) is 5.29. The summed E-state index contributed by atoms with van der Waals surface area (Å²) in [6.07, 6.45) is 4.40. The van der Waals surface area contributed by atoms with E-state index in [2.05, 4.69) is 4.98 Å². The number of carbonyl (C=O) groups excluding carboxylic acids is 1. The van der Waals surface area contributed by atoms with E-state index in [1.807, 2.05) is 26.0 Å². The fraction of sp³-hybridized carbons (Fsp3) is 0.542. The van der Waals surface area contributed by atoms with Gasteiger partial charge in [-0.2, -0.15) is 4.98 Å². The normalized spacial score (nSPS) is 18.0. The molecule has 1 aliphatic heterocycles. The molecular formula is C24H30FN3O3. The van der Waals surface area contributed by atoms with Crippen molar-refractivity contribution >= 4 is 5.91 Å². The molecule has 166 valence electrons. The molecule has 1 fully saturated rings. The van der Waals surface area contributed by atoms with Gasteiger partial charge in [0.25, 0.3) is 5.91 Å². The lowest BCUT2D eigenvalue weighted by molar-refractivity contribution is 0.0636. The van der Waals surface area contributed by atoms with E-state index in [0.717, 1.165) is 31.2 Å². The maximum Gasteiger partial charge on any atom is 0.315 e. The van der Waals surface area contributed by atoms with Crippen molar-refractivity contribution in [1.29, 1.82) is 0 Å². The second-order valence-corrected chi connectivity index (χ2v) is 9.36. The lowest BCUT2D eigenvalue weighted by Gasteiger charge is -2.36. The molecule has 1 aliphatic carbocycles. The highest BCUT2D eigenvalue weighted by atomic mass is 19.1. The highest BCUT2D eigenvalue weighted by Gasteiger charge is 2.39. The van der Waals surface area contributed by atoms with E-state index >= 15 is 0 Å². The molecule has 1 amide bonds. The minimum absolute atomic E-state index is 0.0290. The second-order valence-electron chi connectivity index (χ2n) is 9.36. The molecule has 1 N–H and O–H groups in total. The van der Waals surface area contributed by atoms with Gasteiger partial charge in [-0.15, -0.1) is 0 Å². The molecule has 4 rings (SSSR count). The van der Waals surface area contributed by atoms with Crippen LogP contribution in [0.2, 0.25) is 0 Å². The van der Waals surface area contributed by atoms with E-state index in [1.165, 1.54) is 0 Å². The molecule has 1 aromatic carbocycles. The number of aromatic hydroxyl groups is 1. The molecular weight excluding hydrogens is 397 g/mol. The summed E-state index contributed by atoms with van der Waals surface area (Å²) in [5.41, 5.74) is 1.29. The average Bonchev–Trinajstić information content (AvgIpc) is 3.19. The first-order valence-corrected chi connectivity index (χ1v) is 11.1. The number of aryl methyl sites for hydroxylation is 2. The number of benzene rings is 1. The molecule has 0 spiro atoms. The van der Waals surface area contributed by atoms with Crippen molar-refractivity contribution in [3.05, 3.63) is 56.5 Å². The largest absolute Gasteiger partial charge is 0.501 e. The summed E-state index contributed by atoms with van der Waals surface area (Å²) in [4.78, 5) is 31.4. The Morgan fingerprint density at radius 1 is 1.13 bits per heavy atom. The molecule has 0 atom stereocenters. The minimum Gasteiger partial charge on any atom is -0.501 e. The van der Waals surface area contributed by atoms with Crippen LogP contribution in [0.5, 0.6) is 5.75 Å². The van der Waals surface area contributed by atoms with Crippen LogP contribution in [0, 0.1) is 19.7 Å². The van der Waals surface area contributed by atoms with Crippen molar-refractivity contribution in [2.24, 2.45) is 0 Å². The van der Waals surface area contributed by atoms with Gasteiger partial charge in [0.05, 0.1) is 0 Å². The summed E-state index contributed by atoms with van der Waals surface area (Å²) in [5, 5.41) is 10.4. The zero-order valence-electron chi connectivity index (χ0n) is 18.7. The van der Waals surface area contributed by atoms with Crippen molar-refractivity contribution in [3.8, 4) is 5.75 Å². The Morgan fingerprint density at radius 3 is 2.32 bits per heavy atom. The Balaban J connectivity index is 1.83. The van der Waals surface area contributed by atoms with Gasteiger partial charge in [0.1, 0.15) is 11.6 Å². The summed E-state index contributed by atoms with van der Waals surface area (Å²) in [7, 11) is 0. The van der Waals surface area contributed by atoms with Crippen LogP contribution in [0.1, 0.15) is 72.5 Å². The predicted molar refractivity (Wildman–Crippen MR) is 116 cm³/mol. The molecule has 2 aliphatic rings. The van der Waals surface area contributed by atoms with Gasteiger partial charge in [-0.3, -0.25) is 9.59 Å². The van der Waals surface area contributed by atoms with Gasteiger partial charge in [-0.05, 0) is 57.2 Å². The molecule has 0 saturated heterocycles. The van der Waals surface area contributed by atoms with E-state index in [9.17, 15) is 19.1 Å². The number of fused-ring (bicyclic) bond motifs is 1. The van der Waals surface area contributed by atoms with Gasteiger partial charge < -0.3 is 14.6 Å². The first kappa shape index (κ1) is 21.5. The Labute approximate surface area is 181 Å². The Kier molecular flexibility index (Phi) is 5.40. The molecule has 7 heteroatoms. The predicted octanol–water partition coefficient (Wildman–Crippen LogP) is 3.62. The summed E-state index contributed by atoms with van der Waals surface area (Å²) < 4.78 is 16.0. The summed E-state index contributed by atoms with van der Waals surface area (Å²) in [6, 6.07) is 3.79. The number of rotatable bonds is 4. The van der Waals surface area contributed by atoms with Crippen LogP contribution < -0.4 is 5.56 Å². The molecule has 1 saturated carbocycles. The van der Waals surface area contributed by atoms with E-state index < -0.39 is 11.3 Å². The quantitative estimate of drug-likeness (QED) is 0.809. The van der Waals surface area contributed by atoms with Gasteiger partial charge >= 0.3 is 5.56 Å². The first-order valence-electron chi connectivity index (χ1n) is 11.1. The zero-order chi connectivity index (χ0) is 22.5. The lowest BCUT2D eigenvalue weighted by atomic mass is 9.74. The number of nitrogens with zero attached hydrogens (tertiary/aromatic N) is 3. The van der Waals surface area contributed by atoms with Crippen molar-refractivity contribution in [3.63, 3.8) is 0 Å². The van der Waals surface area contributed by atoms with Crippen molar-refractivity contribution < 1.29 is 14.3 Å². The molecule has 0 unspecified atom stereocenters. The molecule has 2 heterocycles. The molecule has 0 radical (unpaired) electrons. The number of halogens is 1. The van der Waals surface area contributed by atoms with Crippen LogP contribution in [0.3, 0.4) is 0 Å². The van der Waals surface area contributed by atoms with Crippen molar-refractivity contribution in [2.45, 2.75) is 77.8 Å². The van der Waals surface area contributed by atoms with Crippen LogP contribution in [-0.2, 0) is 18.4 Å². The van der Waals surface area contributed by atoms with Gasteiger partial charge in [-0.25, -0.2) is 4.39 Å². The Hall–Kier alpha value is -2.70. The van der Waals surface area contributed by atoms with Crippen molar-refractivity contribution in [2.75, 3.05) is 6.54 Å². The van der Waals surface area contributed by atoms with Crippen LogP contribution >= 0.6 is 0 Å². The molecule has 2 aromatic rings. The van der Waals surface area contributed by atoms with Gasteiger partial charge in [-0.1, -0.05) is 25.0 Å². The molecule has 6 nitrogen and oxygen atoms in total. The van der Waals surface area contributed by atoms with Gasteiger partial charge in [0, 0.05) is 31.0 Å². The summed E-state index contributed by atoms with van der Waals surface area (Å²) in [5.74, 6) is -0.579. The van der Waals surface area contributed by atoms with Crippen LogP contribution in [0.15, 0.2) is 16.9 Å². The van der Waals surface area contributed by atoms with Gasteiger partial charge in [0.15, 0.2) is 5.69 Å². The zero-order valence-corrected chi connectivity index (χ0v) is 18.7. The molecule has 0 bridgehead atoms. The van der Waals surface area contributed by atoms with E-state index in [-0.39, 0.29) is 28.9 Å². The lowest BCUT2D eigenvalue weighted by Crippen LogP contribution is -2.47. The molecule has 31 heavy (non-hydrogen) atoms. The number of carbonyl (C=O) groups is 1. The van der Waals surface area contributed by atoms with E-state index in [4.69, 9.17) is 0 Å². The SMILES string of the molecule is Cc1cc(C2(Cc3nc(=O)c(O)c4n3CCN(C(C)C)C4=O)CCCC2)cc(C)c1F. The van der Waals surface area contributed by atoms with Gasteiger partial charge in [0.2, 0.25) is 5.75 Å². The van der Waals surface area contributed by atoms with Crippen molar-refractivity contribution in [1.82, 2.24) is 14.5 Å². The third kappa shape index (κ3) is 3.54. The van der Waals surface area contributed by atoms with Crippen LogP contribution in [0.4, 0.5) is 4.39 Å². The standard InChI is InChI=1S/C24H30FN3O3/c1-14(2)27-9-10-28-18(26-22(30)21(29)20(28)23(27)31)13-24(7-5-6-8-24)17-11-15(3)19(25)16(4)12-17/h11-12,14,29H,5-10,13H2,1-4H3. The number of hydrogen-bond acceptors (Lipinski definition) is 4. The number of amides is 1. The monoisotopic (exact) mass is 427 g/mol. The smallest absolute Gasteiger partial charge is 0.315 e. The Bertz CT molecular complexity index is 1080. The summed E-state index contributed by atoms with van der Waals surface area (Å²) in [6.45, 7) is 8.36. The maximum atomic E-state index is 14.3. The second kappa shape index (κ2) is 7.77. The minimum atomic E-state index is -0.764. The van der Waals surface area contributed by atoms with Crippen LogP contribution in [-0.4, -0.2) is 38.1 Å². The third-order valence-corrected chi connectivity index (χ3v) is 7.00. The first-order chi connectivity index (χ1) is 14.6. The van der Waals surface area contributed by atoms with E-state index in [1.54, 1.807) is 23.3 Å².